The molecule has 1 N–H and O–H groups in total. The van der Waals surface area contributed by atoms with Gasteiger partial charge in [-0.1, -0.05) is 36.4 Å². The maximum Gasteiger partial charge on any atom is 0.338 e. The van der Waals surface area contributed by atoms with Crippen molar-refractivity contribution in [1.29, 1.82) is 5.26 Å². The number of urea groups is 1. The Morgan fingerprint density at radius 3 is 2.29 bits per heavy atom. The highest BCUT2D eigenvalue weighted by molar-refractivity contribution is 6.23. The van der Waals surface area contributed by atoms with Gasteiger partial charge in [0.25, 0.3) is 5.91 Å². The fourth-order valence-corrected chi connectivity index (χ4v) is 5.11. The van der Waals surface area contributed by atoms with Gasteiger partial charge < -0.3 is 15.0 Å². The standard InChI is InChI=1S/C36H33FN4O4/c1-35(2,3)45-32(42)24-12-16-28(17-13-24)39-31-19-27(37)15-11-26(31)22-40-34(44)41(33(43)36(40,4)5)29-18-14-25(21-38)30(20-29)23-9-7-6-8-10-23/h6-20,39H,22H2,1-5H3. The van der Waals surface area contributed by atoms with E-state index in [-0.39, 0.29) is 6.54 Å². The maximum absolute atomic E-state index is 14.4. The van der Waals surface area contributed by atoms with Gasteiger partial charge in [-0.3, -0.25) is 4.79 Å². The van der Waals surface area contributed by atoms with Crippen LogP contribution in [0, 0.1) is 17.1 Å². The molecular weight excluding hydrogens is 571 g/mol. The Labute approximate surface area is 261 Å². The first-order chi connectivity index (χ1) is 21.3. The highest BCUT2D eigenvalue weighted by Gasteiger charge is 2.52. The second kappa shape index (κ2) is 11.9. The first kappa shape index (κ1) is 31.0. The molecule has 228 valence electrons. The number of hydrogen-bond acceptors (Lipinski definition) is 6. The fourth-order valence-electron chi connectivity index (χ4n) is 5.11. The minimum Gasteiger partial charge on any atom is -0.456 e. The number of nitriles is 1. The SMILES string of the molecule is CC(C)(C)OC(=O)c1ccc(Nc2cc(F)ccc2CN2C(=O)N(c3ccc(C#N)c(-c4ccccc4)c3)C(=O)C2(C)C)cc1. The predicted octanol–water partition coefficient (Wildman–Crippen LogP) is 7.81. The van der Waals surface area contributed by atoms with Crippen LogP contribution < -0.4 is 10.2 Å². The van der Waals surface area contributed by atoms with Crippen molar-refractivity contribution in [3.8, 4) is 17.2 Å². The predicted molar refractivity (Wildman–Crippen MR) is 170 cm³/mol. The molecule has 8 nitrogen and oxygen atoms in total. The minimum absolute atomic E-state index is 0.00843. The summed E-state index contributed by atoms with van der Waals surface area (Å²) in [4.78, 5) is 42.6. The third-order valence-electron chi connectivity index (χ3n) is 7.49. The first-order valence-corrected chi connectivity index (χ1v) is 14.4. The number of halogens is 1. The summed E-state index contributed by atoms with van der Waals surface area (Å²) in [6.07, 6.45) is 0. The highest BCUT2D eigenvalue weighted by Crippen LogP contribution is 2.37. The molecule has 0 radical (unpaired) electrons. The van der Waals surface area contributed by atoms with Crippen molar-refractivity contribution >= 4 is 35.0 Å². The fraction of sp³-hybridized carbons (Fsp3) is 0.222. The lowest BCUT2D eigenvalue weighted by atomic mass is 9.99. The summed E-state index contributed by atoms with van der Waals surface area (Å²) in [6.45, 7) is 8.71. The number of ether oxygens (including phenoxy) is 1. The molecule has 0 bridgehead atoms. The largest absolute Gasteiger partial charge is 0.456 e. The second-order valence-electron chi connectivity index (χ2n) is 12.3. The molecule has 0 unspecified atom stereocenters. The average molecular weight is 605 g/mol. The molecule has 9 heteroatoms. The molecule has 1 heterocycles. The van der Waals surface area contributed by atoms with Crippen molar-refractivity contribution in [1.82, 2.24) is 4.90 Å². The van der Waals surface area contributed by atoms with Crippen LogP contribution >= 0.6 is 0 Å². The van der Waals surface area contributed by atoms with E-state index in [9.17, 15) is 24.0 Å². The molecular formula is C36H33FN4O4. The molecule has 0 atom stereocenters. The molecule has 4 aromatic carbocycles. The number of carbonyl (C=O) groups excluding carboxylic acids is 3. The van der Waals surface area contributed by atoms with Crippen LogP contribution in [0.5, 0.6) is 0 Å². The maximum atomic E-state index is 14.4. The van der Waals surface area contributed by atoms with E-state index < -0.39 is 34.9 Å². The number of rotatable bonds is 7. The number of anilines is 3. The Balaban J connectivity index is 1.42. The number of nitrogens with one attached hydrogen (secondary N) is 1. The van der Waals surface area contributed by atoms with Crippen molar-refractivity contribution in [2.45, 2.75) is 52.3 Å². The lowest BCUT2D eigenvalue weighted by molar-refractivity contribution is -0.123. The van der Waals surface area contributed by atoms with Gasteiger partial charge >= 0.3 is 12.0 Å². The Hall–Kier alpha value is -5.49. The van der Waals surface area contributed by atoms with Crippen molar-refractivity contribution in [2.75, 3.05) is 10.2 Å². The second-order valence-corrected chi connectivity index (χ2v) is 12.3. The highest BCUT2D eigenvalue weighted by atomic mass is 19.1. The Morgan fingerprint density at radius 1 is 0.956 bits per heavy atom. The van der Waals surface area contributed by atoms with Gasteiger partial charge in [-0.15, -0.1) is 0 Å². The molecule has 1 aliphatic rings. The smallest absolute Gasteiger partial charge is 0.338 e. The normalized spacial score (nSPS) is 14.3. The molecule has 0 aliphatic carbocycles. The van der Waals surface area contributed by atoms with Crippen molar-refractivity contribution in [3.63, 3.8) is 0 Å². The van der Waals surface area contributed by atoms with Crippen LogP contribution in [0.4, 0.5) is 26.2 Å². The van der Waals surface area contributed by atoms with Gasteiger partial charge in [0.1, 0.15) is 17.0 Å². The van der Waals surface area contributed by atoms with Crippen molar-refractivity contribution in [2.24, 2.45) is 0 Å². The Morgan fingerprint density at radius 2 is 1.64 bits per heavy atom. The number of nitrogens with zero attached hydrogens (tertiary/aromatic N) is 3. The van der Waals surface area contributed by atoms with E-state index in [4.69, 9.17) is 4.74 Å². The van der Waals surface area contributed by atoms with Gasteiger partial charge in [-0.2, -0.15) is 5.26 Å². The summed E-state index contributed by atoms with van der Waals surface area (Å²) in [7, 11) is 0. The van der Waals surface area contributed by atoms with Crippen LogP contribution in [-0.2, 0) is 16.1 Å². The molecule has 1 saturated heterocycles. The van der Waals surface area contributed by atoms with E-state index in [0.29, 0.717) is 39.3 Å². The van der Waals surface area contributed by atoms with E-state index in [0.717, 1.165) is 10.5 Å². The van der Waals surface area contributed by atoms with E-state index in [1.54, 1.807) is 83.1 Å². The summed E-state index contributed by atoms with van der Waals surface area (Å²) in [5.74, 6) is -1.37. The average Bonchev–Trinajstić information content (AvgIpc) is 3.16. The van der Waals surface area contributed by atoms with E-state index >= 15 is 0 Å². The zero-order valence-corrected chi connectivity index (χ0v) is 25.7. The van der Waals surface area contributed by atoms with Gasteiger partial charge in [0, 0.05) is 16.9 Å². The Kier molecular flexibility index (Phi) is 8.18. The topological polar surface area (TPSA) is 103 Å². The van der Waals surface area contributed by atoms with Gasteiger partial charge in [0.2, 0.25) is 0 Å². The van der Waals surface area contributed by atoms with Gasteiger partial charge in [-0.25, -0.2) is 18.9 Å². The van der Waals surface area contributed by atoms with Crippen molar-refractivity contribution in [3.05, 3.63) is 114 Å². The van der Waals surface area contributed by atoms with Crippen LogP contribution in [0.15, 0.2) is 91.0 Å². The third-order valence-corrected chi connectivity index (χ3v) is 7.49. The van der Waals surface area contributed by atoms with E-state index in [2.05, 4.69) is 11.4 Å². The van der Waals surface area contributed by atoms with Gasteiger partial charge in [0.05, 0.1) is 29.4 Å². The van der Waals surface area contributed by atoms with Crippen LogP contribution in [0.1, 0.15) is 56.1 Å². The molecule has 1 fully saturated rings. The lowest BCUT2D eigenvalue weighted by Gasteiger charge is -2.28. The molecule has 3 amide bonds. The summed E-state index contributed by atoms with van der Waals surface area (Å²) < 4.78 is 19.9. The van der Waals surface area contributed by atoms with Crippen LogP contribution in [0.3, 0.4) is 0 Å². The summed E-state index contributed by atoms with van der Waals surface area (Å²) >= 11 is 0. The van der Waals surface area contributed by atoms with Gasteiger partial charge in [0.15, 0.2) is 0 Å². The number of benzene rings is 4. The van der Waals surface area contributed by atoms with Crippen LogP contribution in [-0.4, -0.2) is 33.9 Å². The molecule has 45 heavy (non-hydrogen) atoms. The quantitative estimate of drug-likeness (QED) is 0.171. The summed E-state index contributed by atoms with van der Waals surface area (Å²) in [6, 6.07) is 26.6. The number of esters is 1. The molecule has 0 saturated carbocycles. The molecule has 0 aromatic heterocycles. The molecule has 0 spiro atoms. The number of hydrogen-bond donors (Lipinski definition) is 1. The lowest BCUT2D eigenvalue weighted by Crippen LogP contribution is -2.43. The zero-order chi connectivity index (χ0) is 32.5. The van der Waals surface area contributed by atoms with Crippen molar-refractivity contribution < 1.29 is 23.5 Å². The molecule has 4 aromatic rings. The number of imide groups is 1. The van der Waals surface area contributed by atoms with Crippen LogP contribution in [0.25, 0.3) is 11.1 Å². The van der Waals surface area contributed by atoms with Gasteiger partial charge in [-0.05, 0) is 100 Å². The minimum atomic E-state index is -1.22. The molecule has 5 rings (SSSR count). The zero-order valence-electron chi connectivity index (χ0n) is 25.7. The molecule has 1 aliphatic heterocycles. The monoisotopic (exact) mass is 604 g/mol. The van der Waals surface area contributed by atoms with Crippen LogP contribution in [0.2, 0.25) is 0 Å². The number of amides is 3. The summed E-state index contributed by atoms with van der Waals surface area (Å²) in [5, 5.41) is 12.9. The Bertz CT molecular complexity index is 1820. The first-order valence-electron chi connectivity index (χ1n) is 14.4. The van der Waals surface area contributed by atoms with E-state index in [1.807, 2.05) is 30.3 Å². The third kappa shape index (κ3) is 6.41. The van der Waals surface area contributed by atoms with E-state index in [1.165, 1.54) is 17.0 Å². The summed E-state index contributed by atoms with van der Waals surface area (Å²) in [5.41, 5.74) is 2.24. The number of carbonyl (C=O) groups is 3.